The van der Waals surface area contributed by atoms with Crippen molar-refractivity contribution in [3.63, 3.8) is 0 Å². The zero-order valence-corrected chi connectivity index (χ0v) is 9.82. The van der Waals surface area contributed by atoms with Crippen molar-refractivity contribution in [2.45, 2.75) is 20.0 Å². The Morgan fingerprint density at radius 1 is 1.35 bits per heavy atom. The lowest BCUT2D eigenvalue weighted by molar-refractivity contribution is 0.119. The van der Waals surface area contributed by atoms with E-state index in [9.17, 15) is 4.79 Å². The van der Waals surface area contributed by atoms with E-state index in [4.69, 9.17) is 10.5 Å². The predicted molar refractivity (Wildman–Crippen MR) is 68.9 cm³/mol. The number of pyridine rings is 1. The van der Waals surface area contributed by atoms with Crippen LogP contribution < -0.4 is 11.2 Å². The Labute approximate surface area is 99.4 Å². The summed E-state index contributed by atoms with van der Waals surface area (Å²) in [5.41, 5.74) is 7.81. The van der Waals surface area contributed by atoms with Crippen LogP contribution in [-0.2, 0) is 11.3 Å². The fourth-order valence-electron chi connectivity index (χ4n) is 1.72. The number of nitrogens with one attached hydrogen (secondary N) is 1. The number of nitrogen functional groups attached to an aromatic ring is 1. The Balaban J connectivity index is 2.35. The molecule has 4 heteroatoms. The van der Waals surface area contributed by atoms with Gasteiger partial charge in [0, 0.05) is 35.0 Å². The standard InChI is InChI=1S/C13H16N2O2/c1-2-5-17-8-10-7-13(16)11-6-9(14)3-4-12(11)15-10/h3-4,6-7H,2,5,8,14H2,1H3,(H,15,16). The van der Waals surface area contributed by atoms with E-state index in [0.717, 1.165) is 17.6 Å². The van der Waals surface area contributed by atoms with Crippen molar-refractivity contribution in [1.29, 1.82) is 0 Å². The lowest BCUT2D eigenvalue weighted by atomic mass is 10.2. The fourth-order valence-corrected chi connectivity index (χ4v) is 1.72. The molecule has 1 aromatic heterocycles. The van der Waals surface area contributed by atoms with Gasteiger partial charge in [-0.1, -0.05) is 6.92 Å². The summed E-state index contributed by atoms with van der Waals surface area (Å²) in [5.74, 6) is 0. The van der Waals surface area contributed by atoms with Crippen LogP contribution >= 0.6 is 0 Å². The first kappa shape index (κ1) is 11.7. The van der Waals surface area contributed by atoms with E-state index in [1.54, 1.807) is 18.2 Å². The van der Waals surface area contributed by atoms with Crippen molar-refractivity contribution in [1.82, 2.24) is 4.98 Å². The molecule has 0 fully saturated rings. The van der Waals surface area contributed by atoms with Gasteiger partial charge in [-0.05, 0) is 24.6 Å². The van der Waals surface area contributed by atoms with Crippen molar-refractivity contribution < 1.29 is 4.74 Å². The number of rotatable bonds is 4. The molecular weight excluding hydrogens is 216 g/mol. The van der Waals surface area contributed by atoms with E-state index in [1.165, 1.54) is 0 Å². The van der Waals surface area contributed by atoms with Gasteiger partial charge in [0.2, 0.25) is 0 Å². The summed E-state index contributed by atoms with van der Waals surface area (Å²) in [6.07, 6.45) is 0.967. The number of hydrogen-bond acceptors (Lipinski definition) is 3. The lowest BCUT2D eigenvalue weighted by Gasteiger charge is -2.05. The summed E-state index contributed by atoms with van der Waals surface area (Å²) in [6.45, 7) is 3.18. The number of H-pyrrole nitrogens is 1. The van der Waals surface area contributed by atoms with Crippen LogP contribution in [0.2, 0.25) is 0 Å². The molecule has 2 aromatic rings. The van der Waals surface area contributed by atoms with Crippen molar-refractivity contribution in [2.24, 2.45) is 0 Å². The number of aromatic nitrogens is 1. The first-order valence-electron chi connectivity index (χ1n) is 5.70. The average Bonchev–Trinajstić information content (AvgIpc) is 2.31. The van der Waals surface area contributed by atoms with E-state index in [1.807, 2.05) is 13.0 Å². The minimum atomic E-state index is -0.0267. The average molecular weight is 232 g/mol. The molecule has 0 saturated heterocycles. The maximum Gasteiger partial charge on any atom is 0.189 e. The van der Waals surface area contributed by atoms with Crippen LogP contribution in [0.3, 0.4) is 0 Å². The van der Waals surface area contributed by atoms with Crippen molar-refractivity contribution >= 4 is 16.6 Å². The summed E-state index contributed by atoms with van der Waals surface area (Å²) < 4.78 is 5.40. The molecule has 4 nitrogen and oxygen atoms in total. The van der Waals surface area contributed by atoms with Gasteiger partial charge in [-0.3, -0.25) is 4.79 Å². The largest absolute Gasteiger partial charge is 0.399 e. The monoisotopic (exact) mass is 232 g/mol. The first-order chi connectivity index (χ1) is 8.20. The predicted octanol–water partition coefficient (Wildman–Crippen LogP) is 2.04. The second-order valence-corrected chi connectivity index (χ2v) is 4.02. The highest BCUT2D eigenvalue weighted by atomic mass is 16.5. The molecule has 0 unspecified atom stereocenters. The molecule has 0 atom stereocenters. The fraction of sp³-hybridized carbons (Fsp3) is 0.308. The second-order valence-electron chi connectivity index (χ2n) is 4.02. The van der Waals surface area contributed by atoms with Gasteiger partial charge in [0.15, 0.2) is 5.43 Å². The third-order valence-corrected chi connectivity index (χ3v) is 2.52. The summed E-state index contributed by atoms with van der Waals surface area (Å²) >= 11 is 0. The Kier molecular flexibility index (Phi) is 3.44. The molecule has 0 saturated carbocycles. The number of fused-ring (bicyclic) bond motifs is 1. The van der Waals surface area contributed by atoms with Crippen LogP contribution in [-0.4, -0.2) is 11.6 Å². The van der Waals surface area contributed by atoms with Crippen LogP contribution in [0.5, 0.6) is 0 Å². The third kappa shape index (κ3) is 2.65. The van der Waals surface area contributed by atoms with E-state index in [0.29, 0.717) is 24.3 Å². The van der Waals surface area contributed by atoms with E-state index in [2.05, 4.69) is 4.98 Å². The number of nitrogens with two attached hydrogens (primary N) is 1. The minimum absolute atomic E-state index is 0.0267. The number of ether oxygens (including phenoxy) is 1. The molecule has 1 aromatic carbocycles. The van der Waals surface area contributed by atoms with Crippen molar-refractivity contribution in [3.05, 3.63) is 40.2 Å². The summed E-state index contributed by atoms with van der Waals surface area (Å²) in [6, 6.07) is 6.84. The van der Waals surface area contributed by atoms with Crippen LogP contribution in [0, 0.1) is 0 Å². The summed E-state index contributed by atoms with van der Waals surface area (Å²) in [5, 5.41) is 0.615. The molecule has 17 heavy (non-hydrogen) atoms. The zero-order valence-electron chi connectivity index (χ0n) is 9.82. The quantitative estimate of drug-likeness (QED) is 0.626. The maximum absolute atomic E-state index is 11.9. The SMILES string of the molecule is CCCOCc1cc(=O)c2cc(N)ccc2[nH]1. The molecule has 0 aliphatic carbocycles. The van der Waals surface area contributed by atoms with Gasteiger partial charge in [-0.15, -0.1) is 0 Å². The molecule has 0 amide bonds. The molecule has 0 aliphatic rings. The van der Waals surface area contributed by atoms with Crippen molar-refractivity contribution in [3.8, 4) is 0 Å². The molecular formula is C13H16N2O2. The Morgan fingerprint density at radius 2 is 2.18 bits per heavy atom. The van der Waals surface area contributed by atoms with Crippen LogP contribution in [0.1, 0.15) is 19.0 Å². The number of hydrogen-bond donors (Lipinski definition) is 2. The van der Waals surface area contributed by atoms with Crippen LogP contribution in [0.15, 0.2) is 29.1 Å². The van der Waals surface area contributed by atoms with Gasteiger partial charge in [0.05, 0.1) is 6.61 Å². The Bertz CT molecular complexity index is 575. The van der Waals surface area contributed by atoms with E-state index >= 15 is 0 Å². The van der Waals surface area contributed by atoms with Crippen LogP contribution in [0.4, 0.5) is 5.69 Å². The topological polar surface area (TPSA) is 68.1 Å². The van der Waals surface area contributed by atoms with Gasteiger partial charge in [-0.2, -0.15) is 0 Å². The lowest BCUT2D eigenvalue weighted by Crippen LogP contribution is -2.07. The summed E-state index contributed by atoms with van der Waals surface area (Å²) in [4.78, 5) is 15.0. The molecule has 0 aliphatic heterocycles. The molecule has 90 valence electrons. The maximum atomic E-state index is 11.9. The number of benzene rings is 1. The molecule has 2 rings (SSSR count). The van der Waals surface area contributed by atoms with E-state index in [-0.39, 0.29) is 5.43 Å². The Hall–Kier alpha value is -1.81. The van der Waals surface area contributed by atoms with Gasteiger partial charge in [-0.25, -0.2) is 0 Å². The highest BCUT2D eigenvalue weighted by Gasteiger charge is 2.02. The molecule has 1 heterocycles. The van der Waals surface area contributed by atoms with Gasteiger partial charge in [0.25, 0.3) is 0 Å². The highest BCUT2D eigenvalue weighted by molar-refractivity contribution is 5.81. The van der Waals surface area contributed by atoms with Gasteiger partial charge >= 0.3 is 0 Å². The van der Waals surface area contributed by atoms with E-state index < -0.39 is 0 Å². The summed E-state index contributed by atoms with van der Waals surface area (Å²) in [7, 11) is 0. The second kappa shape index (κ2) is 5.01. The molecule has 0 radical (unpaired) electrons. The number of aromatic amines is 1. The number of anilines is 1. The smallest absolute Gasteiger partial charge is 0.189 e. The third-order valence-electron chi connectivity index (χ3n) is 2.52. The Morgan fingerprint density at radius 3 is 2.94 bits per heavy atom. The zero-order chi connectivity index (χ0) is 12.3. The van der Waals surface area contributed by atoms with Crippen LogP contribution in [0.25, 0.3) is 10.9 Å². The molecule has 0 spiro atoms. The molecule has 3 N–H and O–H groups in total. The first-order valence-corrected chi connectivity index (χ1v) is 5.70. The normalized spacial score (nSPS) is 10.9. The minimum Gasteiger partial charge on any atom is -0.399 e. The van der Waals surface area contributed by atoms with Gasteiger partial charge < -0.3 is 15.5 Å². The highest BCUT2D eigenvalue weighted by Crippen LogP contribution is 2.12. The molecule has 0 bridgehead atoms. The van der Waals surface area contributed by atoms with Crippen molar-refractivity contribution in [2.75, 3.05) is 12.3 Å². The van der Waals surface area contributed by atoms with Gasteiger partial charge in [0.1, 0.15) is 0 Å².